The van der Waals surface area contributed by atoms with E-state index in [2.05, 4.69) is 5.32 Å². The number of rotatable bonds is 8. The summed E-state index contributed by atoms with van der Waals surface area (Å²) in [6.07, 6.45) is -0.172. The van der Waals surface area contributed by atoms with Crippen molar-refractivity contribution in [3.8, 4) is 0 Å². The number of carbonyl (C=O) groups excluding carboxylic acids is 1. The Balaban J connectivity index is 2.13. The van der Waals surface area contributed by atoms with Crippen molar-refractivity contribution in [2.45, 2.75) is 43.7 Å². The van der Waals surface area contributed by atoms with Gasteiger partial charge in [-0.25, -0.2) is 13.2 Å². The molecule has 1 aliphatic carbocycles. The molecule has 1 amide bonds. The first-order valence-electron chi connectivity index (χ1n) is 8.66. The smallest absolute Gasteiger partial charge is 0.330 e. The molecule has 0 aromatic heterocycles. The molecule has 0 heterocycles. The third kappa shape index (κ3) is 3.71. The maximum absolute atomic E-state index is 12.5. The van der Waals surface area contributed by atoms with E-state index in [9.17, 15) is 23.1 Å². The predicted octanol–water partition coefficient (Wildman–Crippen LogP) is 1.08. The quantitative estimate of drug-likeness (QED) is 0.678. The number of hydrogen-bond donors (Lipinski definition) is 2. The molecule has 0 bridgehead atoms. The highest BCUT2D eigenvalue weighted by atomic mass is 32.2. The van der Waals surface area contributed by atoms with Crippen LogP contribution in [0.25, 0.3) is 0 Å². The van der Waals surface area contributed by atoms with Gasteiger partial charge in [0.1, 0.15) is 5.54 Å². The van der Waals surface area contributed by atoms with Crippen molar-refractivity contribution in [3.63, 3.8) is 0 Å². The lowest BCUT2D eigenvalue weighted by atomic mass is 9.54. The van der Waals surface area contributed by atoms with Gasteiger partial charge in [0.25, 0.3) is 0 Å². The fraction of sp³-hybridized carbons (Fsp3) is 0.556. The lowest BCUT2D eigenvalue weighted by Crippen LogP contribution is -2.76. The number of carboxylic acids is 1. The topological polar surface area (TPSA) is 113 Å². The second kappa shape index (κ2) is 7.57. The molecule has 0 spiro atoms. The van der Waals surface area contributed by atoms with E-state index in [0.29, 0.717) is 6.61 Å². The molecular formula is C18H26N2O6S. The minimum Gasteiger partial charge on any atom is -0.479 e. The molecule has 0 aliphatic heterocycles. The molecule has 150 valence electrons. The lowest BCUT2D eigenvalue weighted by Gasteiger charge is -2.58. The number of carbonyl (C=O) groups is 2. The Bertz CT molecular complexity index is 808. The highest BCUT2D eigenvalue weighted by Gasteiger charge is 2.66. The van der Waals surface area contributed by atoms with Gasteiger partial charge in [-0.1, -0.05) is 32.0 Å². The van der Waals surface area contributed by atoms with Gasteiger partial charge in [-0.2, -0.15) is 4.31 Å². The average molecular weight is 398 g/mol. The molecule has 0 saturated heterocycles. The molecule has 2 rings (SSSR count). The maximum Gasteiger partial charge on any atom is 0.330 e. The first kappa shape index (κ1) is 21.3. The summed E-state index contributed by atoms with van der Waals surface area (Å²) in [5.74, 6) is -1.84. The van der Waals surface area contributed by atoms with Crippen LogP contribution < -0.4 is 5.32 Å². The average Bonchev–Trinajstić information content (AvgIpc) is 2.60. The molecule has 1 aromatic rings. The van der Waals surface area contributed by atoms with E-state index in [-0.39, 0.29) is 17.4 Å². The van der Waals surface area contributed by atoms with Gasteiger partial charge >= 0.3 is 5.97 Å². The zero-order valence-corrected chi connectivity index (χ0v) is 16.7. The molecule has 8 nitrogen and oxygen atoms in total. The van der Waals surface area contributed by atoms with Crippen molar-refractivity contribution in [1.82, 2.24) is 9.62 Å². The molecule has 1 saturated carbocycles. The predicted molar refractivity (Wildman–Crippen MR) is 98.6 cm³/mol. The number of ether oxygens (including phenoxy) is 1. The van der Waals surface area contributed by atoms with Gasteiger partial charge in [0.15, 0.2) is 0 Å². The van der Waals surface area contributed by atoms with Crippen LogP contribution in [0.4, 0.5) is 0 Å². The molecule has 9 heteroatoms. The lowest BCUT2D eigenvalue weighted by molar-refractivity contribution is -0.194. The highest BCUT2D eigenvalue weighted by Crippen LogP contribution is 2.51. The molecule has 2 atom stereocenters. The summed E-state index contributed by atoms with van der Waals surface area (Å²) in [5, 5.41) is 12.3. The van der Waals surface area contributed by atoms with Crippen LogP contribution in [0.5, 0.6) is 0 Å². The normalized spacial score (nSPS) is 24.3. The second-order valence-electron chi connectivity index (χ2n) is 7.20. The molecule has 1 aliphatic rings. The van der Waals surface area contributed by atoms with Gasteiger partial charge in [0, 0.05) is 25.5 Å². The molecule has 27 heavy (non-hydrogen) atoms. The second-order valence-corrected chi connectivity index (χ2v) is 9.25. The van der Waals surface area contributed by atoms with Crippen LogP contribution in [0.2, 0.25) is 0 Å². The summed E-state index contributed by atoms with van der Waals surface area (Å²) in [5.41, 5.74) is -2.33. The molecule has 1 fully saturated rings. The summed E-state index contributed by atoms with van der Waals surface area (Å²) in [6.45, 7) is 5.21. The summed E-state index contributed by atoms with van der Waals surface area (Å²) in [4.78, 5) is 24.4. The van der Waals surface area contributed by atoms with E-state index in [1.807, 2.05) is 6.92 Å². The van der Waals surface area contributed by atoms with E-state index in [0.717, 1.165) is 4.31 Å². The van der Waals surface area contributed by atoms with Gasteiger partial charge in [-0.15, -0.1) is 0 Å². The van der Waals surface area contributed by atoms with Crippen LogP contribution >= 0.6 is 0 Å². The van der Waals surface area contributed by atoms with Crippen LogP contribution in [0.1, 0.15) is 27.2 Å². The Morgan fingerprint density at radius 2 is 1.89 bits per heavy atom. The summed E-state index contributed by atoms with van der Waals surface area (Å²) in [7, 11) is -2.56. The first-order valence-corrected chi connectivity index (χ1v) is 10.1. The van der Waals surface area contributed by atoms with E-state index in [1.165, 1.54) is 19.2 Å². The maximum atomic E-state index is 12.5. The van der Waals surface area contributed by atoms with Gasteiger partial charge in [-0.3, -0.25) is 4.79 Å². The monoisotopic (exact) mass is 398 g/mol. The van der Waals surface area contributed by atoms with Crippen LogP contribution in [0, 0.1) is 5.41 Å². The highest BCUT2D eigenvalue weighted by molar-refractivity contribution is 7.89. The van der Waals surface area contributed by atoms with Crippen LogP contribution in [0.3, 0.4) is 0 Å². The number of nitrogens with zero attached hydrogens (tertiary/aromatic N) is 1. The van der Waals surface area contributed by atoms with Crippen LogP contribution in [-0.4, -0.2) is 61.5 Å². The van der Waals surface area contributed by atoms with Crippen molar-refractivity contribution >= 4 is 21.9 Å². The molecule has 2 N–H and O–H groups in total. The largest absolute Gasteiger partial charge is 0.479 e. The van der Waals surface area contributed by atoms with Gasteiger partial charge in [-0.05, 0) is 19.1 Å². The standard InChI is InChI=1S/C18H26N2O6S/c1-5-26-14-11-18(16(22)23,17(14,2)3)19-15(21)12-20(4)27(24,25)13-9-7-6-8-10-13/h6-10,14H,5,11-12H2,1-4H3,(H,19,21)(H,22,23). The molecule has 1 aromatic carbocycles. The van der Waals surface area contributed by atoms with Crippen molar-refractivity contribution in [2.75, 3.05) is 20.2 Å². The van der Waals surface area contributed by atoms with E-state index >= 15 is 0 Å². The number of sulfonamides is 1. The third-order valence-corrected chi connectivity index (χ3v) is 7.12. The van der Waals surface area contributed by atoms with Crippen molar-refractivity contribution in [2.24, 2.45) is 5.41 Å². The van der Waals surface area contributed by atoms with Crippen molar-refractivity contribution < 1.29 is 27.9 Å². The number of nitrogens with one attached hydrogen (secondary N) is 1. The molecule has 0 radical (unpaired) electrons. The fourth-order valence-electron chi connectivity index (χ4n) is 3.37. The minimum atomic E-state index is -3.85. The SMILES string of the molecule is CCOC1CC(NC(=O)CN(C)S(=O)(=O)c2ccccc2)(C(=O)O)C1(C)C. The number of amides is 1. The summed E-state index contributed by atoms with van der Waals surface area (Å²) in [6, 6.07) is 7.74. The number of aliphatic carboxylic acids is 1. The van der Waals surface area contributed by atoms with Crippen molar-refractivity contribution in [1.29, 1.82) is 0 Å². The number of hydrogen-bond acceptors (Lipinski definition) is 5. The summed E-state index contributed by atoms with van der Waals surface area (Å²) >= 11 is 0. The Kier molecular flexibility index (Phi) is 5.98. The van der Waals surface area contributed by atoms with Crippen LogP contribution in [0.15, 0.2) is 35.2 Å². The number of likely N-dealkylation sites (N-methyl/N-ethyl adjacent to an activating group) is 1. The summed E-state index contributed by atoms with van der Waals surface area (Å²) < 4.78 is 31.5. The third-order valence-electron chi connectivity index (χ3n) is 5.30. The van der Waals surface area contributed by atoms with Crippen LogP contribution in [-0.2, 0) is 24.3 Å². The Morgan fingerprint density at radius 1 is 1.30 bits per heavy atom. The first-order chi connectivity index (χ1) is 12.5. The Morgan fingerprint density at radius 3 is 2.37 bits per heavy atom. The van der Waals surface area contributed by atoms with E-state index in [4.69, 9.17) is 4.74 Å². The molecule has 2 unspecified atom stereocenters. The van der Waals surface area contributed by atoms with Crippen molar-refractivity contribution in [3.05, 3.63) is 30.3 Å². The van der Waals surface area contributed by atoms with Gasteiger partial charge < -0.3 is 15.2 Å². The van der Waals surface area contributed by atoms with E-state index in [1.54, 1.807) is 32.0 Å². The zero-order chi connectivity index (χ0) is 20.5. The number of carboxylic acid groups (broad SMARTS) is 1. The van der Waals surface area contributed by atoms with Gasteiger partial charge in [0.05, 0.1) is 17.5 Å². The fourth-order valence-corrected chi connectivity index (χ4v) is 4.52. The van der Waals surface area contributed by atoms with E-state index < -0.39 is 39.4 Å². The minimum absolute atomic E-state index is 0.0635. The number of benzene rings is 1. The Hall–Kier alpha value is -1.97. The molecular weight excluding hydrogens is 372 g/mol. The zero-order valence-electron chi connectivity index (χ0n) is 15.9. The Labute approximate surface area is 159 Å². The van der Waals surface area contributed by atoms with Gasteiger partial charge in [0.2, 0.25) is 15.9 Å².